The molecule has 0 bridgehead atoms. The van der Waals surface area contributed by atoms with Crippen LogP contribution in [0.3, 0.4) is 0 Å². The SMILES string of the molecule is Cc1ccc2c(n1)oc1c3cc(C)c(-c4n(-c5c(C)cccc5C)cc[n+]4C)cc3oc21.Cc1ccc2c(n1)oc1c3ccc(C)c(-c4n(-c5c(C)cccc5C)cc[n+]4C)c3oc21.Cc1ccc2c(n1)sc1c3cc(C)c(-c4n(-c5c(C)cccc5C)cc[n+]4C)cc3sc21.Cc1ccc2c(n1)sc1c3ccc(C)c(-c4n(-c5c(C)cccc5C)cc[n+]4C)c3sc21. The van der Waals surface area contributed by atoms with Crippen molar-refractivity contribution < 1.29 is 35.9 Å². The first-order valence-corrected chi connectivity index (χ1v) is 46.4. The highest BCUT2D eigenvalue weighted by molar-refractivity contribution is 7.37. The smallest absolute Gasteiger partial charge is 0.297 e. The van der Waals surface area contributed by atoms with Crippen LogP contribution in [-0.2, 0) is 28.2 Å². The number of thiophene rings is 4. The molecule has 0 atom stereocenters. The molecule has 16 aromatic heterocycles. The number of para-hydroxylation sites is 4. The van der Waals surface area contributed by atoms with Crippen molar-refractivity contribution in [2.24, 2.45) is 28.2 Å². The van der Waals surface area contributed by atoms with Gasteiger partial charge in [-0.2, -0.15) is 18.3 Å². The zero-order chi connectivity index (χ0) is 88.6. The molecule has 0 amide bonds. The molecule has 20 heteroatoms. The first kappa shape index (κ1) is 81.3. The maximum absolute atomic E-state index is 6.53. The Kier molecular flexibility index (Phi) is 19.7. The first-order valence-electron chi connectivity index (χ1n) is 43.2. The van der Waals surface area contributed by atoms with Gasteiger partial charge in [0, 0.05) is 49.0 Å². The van der Waals surface area contributed by atoms with Crippen LogP contribution >= 0.6 is 45.3 Å². The second kappa shape index (κ2) is 31.1. The summed E-state index contributed by atoms with van der Waals surface area (Å²) in [6.45, 7) is 34.2. The molecule has 24 rings (SSSR count). The van der Waals surface area contributed by atoms with Crippen LogP contribution < -0.4 is 18.3 Å². The predicted molar refractivity (Wildman–Crippen MR) is 527 cm³/mol. The van der Waals surface area contributed by atoms with Crippen molar-refractivity contribution in [1.82, 2.24) is 38.2 Å². The molecule has 632 valence electrons. The van der Waals surface area contributed by atoms with Crippen LogP contribution in [0.25, 0.3) is 194 Å². The number of furan rings is 4. The summed E-state index contributed by atoms with van der Waals surface area (Å²) in [6.07, 6.45) is 17.1. The molecule has 0 saturated carbocycles. The summed E-state index contributed by atoms with van der Waals surface area (Å²) < 4.78 is 51.3. The third-order valence-corrected chi connectivity index (χ3v) is 30.4. The van der Waals surface area contributed by atoms with Gasteiger partial charge in [-0.25, -0.2) is 38.2 Å². The Balaban J connectivity index is 0.000000104. The number of nitrogens with zero attached hydrogens (tertiary/aromatic N) is 12. The fraction of sp³-hybridized carbons (Fsp3) is 0.185. The second-order valence-corrected chi connectivity index (χ2v) is 38.7. The maximum atomic E-state index is 6.53. The maximum Gasteiger partial charge on any atom is 0.297 e. The Bertz CT molecular complexity index is 8160. The number of aromatic nitrogens is 12. The number of imidazole rings is 4. The minimum absolute atomic E-state index is 0.618. The average Bonchev–Trinajstić information content (AvgIpc) is 1.58. The number of hydrogen-bond acceptors (Lipinski definition) is 12. The molecule has 0 aliphatic carbocycles. The molecule has 8 aromatic carbocycles. The Hall–Kier alpha value is -13.8. The van der Waals surface area contributed by atoms with Crippen molar-refractivity contribution in [2.45, 2.75) is 111 Å². The van der Waals surface area contributed by atoms with E-state index in [1.165, 1.54) is 151 Å². The lowest BCUT2D eigenvalue weighted by Crippen LogP contribution is -2.29. The fourth-order valence-corrected chi connectivity index (χ4v) is 24.7. The summed E-state index contributed by atoms with van der Waals surface area (Å²) in [7, 11) is 8.44. The van der Waals surface area contributed by atoms with E-state index in [-0.39, 0.29) is 0 Å². The van der Waals surface area contributed by atoms with E-state index in [2.05, 4.69) is 367 Å². The van der Waals surface area contributed by atoms with Crippen molar-refractivity contribution in [3.63, 3.8) is 0 Å². The van der Waals surface area contributed by atoms with E-state index >= 15 is 0 Å². The third-order valence-electron chi connectivity index (χ3n) is 25.4. The molecule has 0 saturated heterocycles. The largest absolute Gasteiger partial charge is 0.452 e. The minimum Gasteiger partial charge on any atom is -0.452 e. The summed E-state index contributed by atoms with van der Waals surface area (Å²) in [4.78, 5) is 20.9. The normalized spacial score (nSPS) is 11.9. The zero-order valence-corrected chi connectivity index (χ0v) is 78.7. The van der Waals surface area contributed by atoms with E-state index in [1.807, 2.05) is 83.5 Å². The summed E-state index contributed by atoms with van der Waals surface area (Å²) in [5.41, 5.74) is 34.6. The quantitative estimate of drug-likeness (QED) is 0.137. The van der Waals surface area contributed by atoms with E-state index in [9.17, 15) is 0 Å². The molecular formula is C108H96N12O4S4+4. The second-order valence-electron chi connectivity index (χ2n) is 34.6. The third kappa shape index (κ3) is 13.2. The number of pyridine rings is 4. The van der Waals surface area contributed by atoms with Crippen molar-refractivity contribution >= 4 is 171 Å². The number of fused-ring (bicyclic) bond motifs is 20. The molecule has 0 N–H and O–H groups in total. The van der Waals surface area contributed by atoms with E-state index < -0.39 is 0 Å². The van der Waals surface area contributed by atoms with Crippen LogP contribution in [0.1, 0.15) is 89.5 Å². The van der Waals surface area contributed by atoms with Gasteiger partial charge >= 0.3 is 0 Å². The summed E-state index contributed by atoms with van der Waals surface area (Å²) in [5.74, 6) is 4.61. The number of aryl methyl sites for hydroxylation is 20. The van der Waals surface area contributed by atoms with Crippen LogP contribution in [0.5, 0.6) is 0 Å². The standard InChI is InChI=1S/2C27H24N3O2.2C27H24N3S2/c1-15-9-11-19-23(31-25-20-12-10-18(4)28-26(20)32-24(19)25)21(15)27-29(5)13-14-30(27)22-16(2)7-6-8-17(22)3;1-15-7-6-8-16(2)23(15)30-12-11-29(5)27(30)20-14-22-21(13-17(20)3)25-24(31-22)19-10-9-18(4)28-26(19)32-25;1-15-9-11-19-23(31-25-20-12-10-18(4)28-26(20)32-24(19)25)21(15)27-29(5)13-14-30(27)22-16(2)7-6-8-17(22)3;1-15-7-6-8-16(2)23(15)30-12-11-29(5)27(30)20-14-22-21(13-17(20)3)25-24(31-22)19-10-9-18(4)28-26(19)32-25/h4*6-14H,1-5H3/q4*+1. The van der Waals surface area contributed by atoms with Crippen molar-refractivity contribution in [1.29, 1.82) is 0 Å². The highest BCUT2D eigenvalue weighted by atomic mass is 32.1. The predicted octanol–water partition coefficient (Wildman–Crippen LogP) is 26.8. The Labute approximate surface area is 756 Å². The lowest BCUT2D eigenvalue weighted by atomic mass is 10.0. The molecule has 0 aliphatic rings. The van der Waals surface area contributed by atoms with E-state index in [0.29, 0.717) is 11.4 Å². The molecule has 16 nitrogen and oxygen atoms in total. The van der Waals surface area contributed by atoms with Crippen molar-refractivity contribution in [2.75, 3.05) is 0 Å². The van der Waals surface area contributed by atoms with Gasteiger partial charge in [0.15, 0.2) is 27.9 Å². The Morgan fingerprint density at radius 1 is 0.258 bits per heavy atom. The lowest BCUT2D eigenvalue weighted by Gasteiger charge is -2.11. The van der Waals surface area contributed by atoms with Crippen LogP contribution in [0.15, 0.2) is 237 Å². The molecule has 128 heavy (non-hydrogen) atoms. The Morgan fingerprint density at radius 2 is 0.602 bits per heavy atom. The molecular weight excluding hydrogens is 1660 g/mol. The van der Waals surface area contributed by atoms with Crippen LogP contribution in [0, 0.1) is 111 Å². The van der Waals surface area contributed by atoms with Crippen LogP contribution in [0.2, 0.25) is 0 Å². The van der Waals surface area contributed by atoms with Crippen molar-refractivity contribution in [3.05, 3.63) is 309 Å². The highest BCUT2D eigenvalue weighted by Crippen LogP contribution is 2.50. The molecule has 16 heterocycles. The van der Waals surface area contributed by atoms with E-state index in [0.717, 1.165) is 121 Å². The molecule has 0 radical (unpaired) electrons. The van der Waals surface area contributed by atoms with Gasteiger partial charge < -0.3 is 17.7 Å². The minimum atomic E-state index is 0.618. The molecule has 0 fully saturated rings. The van der Waals surface area contributed by atoms with Gasteiger partial charge in [-0.05, 0) is 256 Å². The van der Waals surface area contributed by atoms with Crippen molar-refractivity contribution in [3.8, 4) is 68.3 Å². The van der Waals surface area contributed by atoms with Gasteiger partial charge in [0.05, 0.1) is 89.9 Å². The summed E-state index contributed by atoms with van der Waals surface area (Å²) >= 11 is 7.44. The van der Waals surface area contributed by atoms with Crippen LogP contribution in [-0.4, -0.2) is 38.2 Å². The summed E-state index contributed by atoms with van der Waals surface area (Å²) in [5, 5.41) is 8.98. The van der Waals surface area contributed by atoms with Gasteiger partial charge in [0.1, 0.15) is 93.1 Å². The molecule has 0 aliphatic heterocycles. The fourth-order valence-electron chi connectivity index (χ4n) is 19.2. The average molecular weight is 1750 g/mol. The van der Waals surface area contributed by atoms with E-state index in [1.54, 1.807) is 0 Å². The molecule has 0 unspecified atom stereocenters. The number of rotatable bonds is 8. The molecule has 0 spiro atoms. The van der Waals surface area contributed by atoms with Crippen LogP contribution in [0.4, 0.5) is 0 Å². The lowest BCUT2D eigenvalue weighted by molar-refractivity contribution is -0.659. The zero-order valence-electron chi connectivity index (χ0n) is 75.4. The van der Waals surface area contributed by atoms with Gasteiger partial charge in [0.2, 0.25) is 11.4 Å². The highest BCUT2D eigenvalue weighted by Gasteiger charge is 2.34. The first-order chi connectivity index (χ1) is 61.7. The van der Waals surface area contributed by atoms with Gasteiger partial charge in [0.25, 0.3) is 23.3 Å². The number of benzene rings is 8. The monoisotopic (exact) mass is 1750 g/mol. The topological polar surface area (TPSA) is 139 Å². The van der Waals surface area contributed by atoms with Gasteiger partial charge in [-0.1, -0.05) is 91.0 Å². The van der Waals surface area contributed by atoms with Gasteiger partial charge in [-0.3, -0.25) is 0 Å². The molecule has 24 aromatic rings. The Morgan fingerprint density at radius 3 is 1.07 bits per heavy atom. The van der Waals surface area contributed by atoms with E-state index in [4.69, 9.17) is 27.6 Å². The summed E-state index contributed by atoms with van der Waals surface area (Å²) in [6, 6.07) is 60.4. The number of hydrogen-bond donors (Lipinski definition) is 0. The van der Waals surface area contributed by atoms with Gasteiger partial charge in [-0.15, -0.1) is 45.3 Å².